The second kappa shape index (κ2) is 5.55. The first-order chi connectivity index (χ1) is 9.74. The van der Waals surface area contributed by atoms with Crippen LogP contribution < -0.4 is 10.1 Å². The summed E-state index contributed by atoms with van der Waals surface area (Å²) in [6.07, 6.45) is 0.903. The van der Waals surface area contributed by atoms with Gasteiger partial charge in [0.15, 0.2) is 6.10 Å². The van der Waals surface area contributed by atoms with Crippen LogP contribution in [0.4, 0.5) is 5.69 Å². The molecule has 0 radical (unpaired) electrons. The summed E-state index contributed by atoms with van der Waals surface area (Å²) in [6, 6.07) is 15.0. The summed E-state index contributed by atoms with van der Waals surface area (Å²) in [5, 5.41) is 3.42. The lowest BCUT2D eigenvalue weighted by molar-refractivity contribution is -0.122. The molecule has 0 bridgehead atoms. The van der Waals surface area contributed by atoms with Crippen LogP contribution in [0.25, 0.3) is 0 Å². The van der Waals surface area contributed by atoms with E-state index in [9.17, 15) is 4.79 Å². The predicted octanol–water partition coefficient (Wildman–Crippen LogP) is 3.67. The Kier molecular flexibility index (Phi) is 3.61. The fourth-order valence-electron chi connectivity index (χ4n) is 2.30. The molecule has 0 saturated heterocycles. The van der Waals surface area contributed by atoms with E-state index in [1.54, 1.807) is 12.1 Å². The lowest BCUT2D eigenvalue weighted by atomic mass is 10.1. The zero-order valence-electron chi connectivity index (χ0n) is 10.8. The number of para-hydroxylation sites is 2. The molecule has 2 aromatic rings. The quantitative estimate of drug-likeness (QED) is 0.915. The highest BCUT2D eigenvalue weighted by molar-refractivity contribution is 6.32. The average molecular weight is 288 g/mol. The van der Waals surface area contributed by atoms with Gasteiger partial charge in [-0.2, -0.15) is 0 Å². The van der Waals surface area contributed by atoms with E-state index in [0.717, 1.165) is 17.7 Å². The molecule has 0 fully saturated rings. The third kappa shape index (κ3) is 2.63. The van der Waals surface area contributed by atoms with Crippen LogP contribution in [-0.2, 0) is 11.2 Å². The monoisotopic (exact) mass is 287 g/mol. The van der Waals surface area contributed by atoms with Gasteiger partial charge in [-0.1, -0.05) is 41.9 Å². The zero-order valence-corrected chi connectivity index (χ0v) is 11.6. The SMILES string of the molecule is O=C1Nc2ccccc2CCC1Oc1ccccc1Cl. The molecule has 0 saturated carbocycles. The molecule has 0 spiro atoms. The fraction of sp³-hybridized carbons (Fsp3) is 0.188. The van der Waals surface area contributed by atoms with E-state index in [1.165, 1.54) is 0 Å². The Morgan fingerprint density at radius 1 is 1.10 bits per heavy atom. The Bertz CT molecular complexity index is 642. The lowest BCUT2D eigenvalue weighted by Crippen LogP contribution is -2.31. The Morgan fingerprint density at radius 3 is 2.70 bits per heavy atom. The first-order valence-electron chi connectivity index (χ1n) is 6.54. The number of rotatable bonds is 2. The smallest absolute Gasteiger partial charge is 0.265 e. The Balaban J connectivity index is 1.80. The number of aryl methyl sites for hydroxylation is 1. The molecule has 102 valence electrons. The van der Waals surface area contributed by atoms with Crippen LogP contribution in [0.3, 0.4) is 0 Å². The first-order valence-corrected chi connectivity index (χ1v) is 6.92. The van der Waals surface area contributed by atoms with Gasteiger partial charge in [-0.3, -0.25) is 4.79 Å². The van der Waals surface area contributed by atoms with E-state index in [2.05, 4.69) is 5.32 Å². The molecule has 0 aromatic heterocycles. The highest BCUT2D eigenvalue weighted by atomic mass is 35.5. The highest BCUT2D eigenvalue weighted by Crippen LogP contribution is 2.28. The van der Waals surface area contributed by atoms with E-state index in [1.807, 2.05) is 36.4 Å². The normalized spacial score (nSPS) is 17.9. The number of nitrogens with one attached hydrogen (secondary N) is 1. The van der Waals surface area contributed by atoms with Gasteiger partial charge in [0, 0.05) is 5.69 Å². The average Bonchev–Trinajstić information content (AvgIpc) is 2.61. The van der Waals surface area contributed by atoms with Crippen molar-refractivity contribution in [2.24, 2.45) is 0 Å². The Hall–Kier alpha value is -2.00. The molecule has 1 aliphatic heterocycles. The van der Waals surface area contributed by atoms with Crippen molar-refractivity contribution in [2.75, 3.05) is 5.32 Å². The van der Waals surface area contributed by atoms with Crippen molar-refractivity contribution in [3.63, 3.8) is 0 Å². The molecule has 1 aliphatic rings. The molecule has 1 amide bonds. The predicted molar refractivity (Wildman–Crippen MR) is 79.3 cm³/mol. The highest BCUT2D eigenvalue weighted by Gasteiger charge is 2.25. The van der Waals surface area contributed by atoms with Gasteiger partial charge in [0.25, 0.3) is 5.91 Å². The number of amides is 1. The van der Waals surface area contributed by atoms with E-state index < -0.39 is 6.10 Å². The van der Waals surface area contributed by atoms with E-state index in [4.69, 9.17) is 16.3 Å². The van der Waals surface area contributed by atoms with E-state index in [0.29, 0.717) is 17.2 Å². The number of hydrogen-bond donors (Lipinski definition) is 1. The standard InChI is InChI=1S/C16H14ClNO2/c17-12-6-2-4-8-14(12)20-15-10-9-11-5-1-3-7-13(11)18-16(15)19/h1-8,15H,9-10H2,(H,18,19). The summed E-state index contributed by atoms with van der Waals surface area (Å²) in [7, 11) is 0. The maximum atomic E-state index is 12.2. The molecular formula is C16H14ClNO2. The van der Waals surface area contributed by atoms with Crippen LogP contribution in [-0.4, -0.2) is 12.0 Å². The van der Waals surface area contributed by atoms with Crippen molar-refractivity contribution in [3.8, 4) is 5.75 Å². The van der Waals surface area contributed by atoms with Gasteiger partial charge in [-0.15, -0.1) is 0 Å². The molecule has 0 aliphatic carbocycles. The third-order valence-corrected chi connectivity index (χ3v) is 3.66. The van der Waals surface area contributed by atoms with Gasteiger partial charge < -0.3 is 10.1 Å². The third-order valence-electron chi connectivity index (χ3n) is 3.35. The number of anilines is 1. The molecule has 1 unspecified atom stereocenters. The number of hydrogen-bond acceptors (Lipinski definition) is 2. The minimum atomic E-state index is -0.526. The lowest BCUT2D eigenvalue weighted by Gasteiger charge is -2.16. The summed E-state index contributed by atoms with van der Waals surface area (Å²) in [5.74, 6) is 0.412. The van der Waals surface area contributed by atoms with Crippen molar-refractivity contribution in [2.45, 2.75) is 18.9 Å². The second-order valence-electron chi connectivity index (χ2n) is 4.72. The van der Waals surface area contributed by atoms with Crippen LogP contribution in [0.2, 0.25) is 5.02 Å². The van der Waals surface area contributed by atoms with Crippen molar-refractivity contribution < 1.29 is 9.53 Å². The van der Waals surface area contributed by atoms with Crippen LogP contribution in [0.1, 0.15) is 12.0 Å². The number of benzene rings is 2. The van der Waals surface area contributed by atoms with Gasteiger partial charge >= 0.3 is 0 Å². The summed E-state index contributed by atoms with van der Waals surface area (Å²) in [5.41, 5.74) is 1.99. The van der Waals surface area contributed by atoms with Crippen molar-refractivity contribution in [1.82, 2.24) is 0 Å². The van der Waals surface area contributed by atoms with Crippen molar-refractivity contribution >= 4 is 23.2 Å². The Labute approximate surface area is 122 Å². The minimum Gasteiger partial charge on any atom is -0.479 e. The van der Waals surface area contributed by atoms with Crippen molar-refractivity contribution in [3.05, 3.63) is 59.1 Å². The fourth-order valence-corrected chi connectivity index (χ4v) is 2.48. The van der Waals surface area contributed by atoms with E-state index >= 15 is 0 Å². The molecule has 1 atom stereocenters. The summed E-state index contributed by atoms with van der Waals surface area (Å²) in [6.45, 7) is 0. The van der Waals surface area contributed by atoms with Gasteiger partial charge in [0.05, 0.1) is 5.02 Å². The Morgan fingerprint density at radius 2 is 1.85 bits per heavy atom. The molecular weight excluding hydrogens is 274 g/mol. The largest absolute Gasteiger partial charge is 0.479 e. The number of ether oxygens (including phenoxy) is 1. The molecule has 1 heterocycles. The minimum absolute atomic E-state index is 0.130. The maximum Gasteiger partial charge on any atom is 0.265 e. The summed E-state index contributed by atoms with van der Waals surface area (Å²) < 4.78 is 5.77. The molecule has 1 N–H and O–H groups in total. The van der Waals surface area contributed by atoms with Gasteiger partial charge in [-0.05, 0) is 36.6 Å². The maximum absolute atomic E-state index is 12.2. The zero-order chi connectivity index (χ0) is 13.9. The number of fused-ring (bicyclic) bond motifs is 1. The van der Waals surface area contributed by atoms with E-state index in [-0.39, 0.29) is 5.91 Å². The van der Waals surface area contributed by atoms with Crippen LogP contribution >= 0.6 is 11.6 Å². The summed E-state index contributed by atoms with van der Waals surface area (Å²) >= 11 is 6.06. The number of carbonyl (C=O) groups is 1. The van der Waals surface area contributed by atoms with Crippen LogP contribution in [0, 0.1) is 0 Å². The second-order valence-corrected chi connectivity index (χ2v) is 5.13. The molecule has 3 rings (SSSR count). The van der Waals surface area contributed by atoms with Crippen LogP contribution in [0.15, 0.2) is 48.5 Å². The molecule has 20 heavy (non-hydrogen) atoms. The van der Waals surface area contributed by atoms with Crippen molar-refractivity contribution in [1.29, 1.82) is 0 Å². The van der Waals surface area contributed by atoms with Crippen LogP contribution in [0.5, 0.6) is 5.75 Å². The molecule has 4 heteroatoms. The first kappa shape index (κ1) is 13.0. The van der Waals surface area contributed by atoms with Gasteiger partial charge in [-0.25, -0.2) is 0 Å². The number of carbonyl (C=O) groups excluding carboxylic acids is 1. The van der Waals surface area contributed by atoms with Gasteiger partial charge in [0.2, 0.25) is 0 Å². The molecule has 2 aromatic carbocycles. The topological polar surface area (TPSA) is 38.3 Å². The number of halogens is 1. The molecule has 3 nitrogen and oxygen atoms in total. The summed E-state index contributed by atoms with van der Waals surface area (Å²) in [4.78, 5) is 12.2. The van der Waals surface area contributed by atoms with Gasteiger partial charge in [0.1, 0.15) is 5.75 Å².